The van der Waals surface area contributed by atoms with Crippen molar-refractivity contribution in [2.75, 3.05) is 30.3 Å². The molecule has 1 aromatic rings. The summed E-state index contributed by atoms with van der Waals surface area (Å²) in [6.07, 6.45) is 2.88. The van der Waals surface area contributed by atoms with Crippen LogP contribution in [0.2, 0.25) is 0 Å². The molecular weight excluding hydrogens is 278 g/mol. The smallest absolute Gasteiger partial charge is 0.258 e. The number of rotatable bonds is 3. The summed E-state index contributed by atoms with van der Waals surface area (Å²) >= 11 is 1.18. The van der Waals surface area contributed by atoms with Crippen LogP contribution < -0.4 is 21.3 Å². The second kappa shape index (κ2) is 5.28. The van der Waals surface area contributed by atoms with Gasteiger partial charge in [0.25, 0.3) is 5.91 Å². The van der Waals surface area contributed by atoms with Gasteiger partial charge in [-0.05, 0) is 30.8 Å². The minimum Gasteiger partial charge on any atom is -0.382 e. The number of nitrogen functional groups attached to an aromatic ring is 1. The molecule has 7 nitrogen and oxygen atoms in total. The molecule has 1 aliphatic heterocycles. The van der Waals surface area contributed by atoms with Gasteiger partial charge < -0.3 is 21.3 Å². The van der Waals surface area contributed by atoms with Crippen LogP contribution in [0.1, 0.15) is 29.6 Å². The summed E-state index contributed by atoms with van der Waals surface area (Å²) in [5.41, 5.74) is 6.24. The van der Waals surface area contributed by atoms with E-state index in [0.717, 1.165) is 19.3 Å². The molecule has 0 unspecified atom stereocenters. The van der Waals surface area contributed by atoms with Gasteiger partial charge in [0.2, 0.25) is 5.91 Å². The maximum Gasteiger partial charge on any atom is 0.258 e. The lowest BCUT2D eigenvalue weighted by Crippen LogP contribution is -2.34. The Balaban J connectivity index is 1.84. The molecular formula is C12H17N5O2S. The largest absolute Gasteiger partial charge is 0.382 e. The first-order chi connectivity index (χ1) is 9.65. The molecule has 20 heavy (non-hydrogen) atoms. The first-order valence-corrected chi connectivity index (χ1v) is 7.50. The minimum absolute atomic E-state index is 0.0389. The summed E-state index contributed by atoms with van der Waals surface area (Å²) in [6, 6.07) is 0.266. The minimum atomic E-state index is -0.182. The highest BCUT2D eigenvalue weighted by atomic mass is 32.1. The lowest BCUT2D eigenvalue weighted by atomic mass is 10.2. The van der Waals surface area contributed by atoms with E-state index in [-0.39, 0.29) is 30.2 Å². The van der Waals surface area contributed by atoms with E-state index in [4.69, 9.17) is 5.73 Å². The van der Waals surface area contributed by atoms with Crippen LogP contribution in [0.4, 0.5) is 10.8 Å². The molecule has 2 aliphatic rings. The highest BCUT2D eigenvalue weighted by Crippen LogP contribution is 2.32. The predicted molar refractivity (Wildman–Crippen MR) is 76.9 cm³/mol. The zero-order chi connectivity index (χ0) is 14.1. The molecule has 1 aliphatic carbocycles. The van der Waals surface area contributed by atoms with E-state index in [0.29, 0.717) is 23.7 Å². The Hall–Kier alpha value is -1.83. The van der Waals surface area contributed by atoms with Crippen molar-refractivity contribution in [3.63, 3.8) is 0 Å². The second-order valence-corrected chi connectivity index (χ2v) is 5.87. The van der Waals surface area contributed by atoms with E-state index in [2.05, 4.69) is 15.0 Å². The van der Waals surface area contributed by atoms with Crippen molar-refractivity contribution in [1.29, 1.82) is 0 Å². The fourth-order valence-corrected chi connectivity index (χ4v) is 3.02. The van der Waals surface area contributed by atoms with Crippen molar-refractivity contribution in [1.82, 2.24) is 15.0 Å². The third kappa shape index (κ3) is 2.69. The number of carbonyl (C=O) groups is 2. The van der Waals surface area contributed by atoms with Crippen molar-refractivity contribution in [2.45, 2.75) is 25.3 Å². The molecule has 1 saturated carbocycles. The Kier molecular flexibility index (Phi) is 3.47. The van der Waals surface area contributed by atoms with Gasteiger partial charge in [0.05, 0.1) is 6.54 Å². The fraction of sp³-hybridized carbons (Fsp3) is 0.583. The van der Waals surface area contributed by atoms with Crippen LogP contribution in [0.25, 0.3) is 0 Å². The summed E-state index contributed by atoms with van der Waals surface area (Å²) < 4.78 is 4.08. The van der Waals surface area contributed by atoms with Gasteiger partial charge in [0, 0.05) is 19.1 Å². The van der Waals surface area contributed by atoms with Gasteiger partial charge in [-0.1, -0.05) is 0 Å². The van der Waals surface area contributed by atoms with Crippen LogP contribution in [0, 0.1) is 0 Å². The van der Waals surface area contributed by atoms with Crippen LogP contribution in [0.3, 0.4) is 0 Å². The lowest BCUT2D eigenvalue weighted by Gasteiger charge is -2.20. The van der Waals surface area contributed by atoms with Crippen molar-refractivity contribution >= 4 is 34.2 Å². The average Bonchev–Trinajstić information content (AvgIpc) is 3.16. The van der Waals surface area contributed by atoms with E-state index < -0.39 is 0 Å². The molecule has 1 saturated heterocycles. The van der Waals surface area contributed by atoms with E-state index in [1.807, 2.05) is 4.90 Å². The topological polar surface area (TPSA) is 100 Å². The number of amides is 2. The predicted octanol–water partition coefficient (Wildman–Crippen LogP) is -0.0562. The van der Waals surface area contributed by atoms with Gasteiger partial charge in [-0.15, -0.1) is 0 Å². The zero-order valence-electron chi connectivity index (χ0n) is 11.0. The molecule has 108 valence electrons. The summed E-state index contributed by atoms with van der Waals surface area (Å²) in [7, 11) is 0. The lowest BCUT2D eigenvalue weighted by molar-refractivity contribution is -0.119. The van der Waals surface area contributed by atoms with Gasteiger partial charge in [-0.25, -0.2) is 0 Å². The van der Waals surface area contributed by atoms with Gasteiger partial charge in [-0.2, -0.15) is 4.37 Å². The first-order valence-electron chi connectivity index (χ1n) is 6.73. The molecule has 3 rings (SSSR count). The number of anilines is 2. The molecule has 8 heteroatoms. The van der Waals surface area contributed by atoms with E-state index in [1.165, 1.54) is 11.5 Å². The maximum absolute atomic E-state index is 12.3. The molecule has 0 aromatic carbocycles. The fourth-order valence-electron chi connectivity index (χ4n) is 2.19. The van der Waals surface area contributed by atoms with Crippen molar-refractivity contribution in [3.05, 3.63) is 5.56 Å². The average molecular weight is 295 g/mol. The number of hydrogen-bond donors (Lipinski definition) is 3. The van der Waals surface area contributed by atoms with E-state index in [9.17, 15) is 9.59 Å². The Morgan fingerprint density at radius 3 is 3.05 bits per heavy atom. The van der Waals surface area contributed by atoms with E-state index in [1.54, 1.807) is 0 Å². The Labute approximate surface area is 120 Å². The third-order valence-corrected chi connectivity index (χ3v) is 4.31. The molecule has 1 aromatic heterocycles. The highest BCUT2D eigenvalue weighted by molar-refractivity contribution is 7.11. The Morgan fingerprint density at radius 1 is 1.50 bits per heavy atom. The number of aromatic nitrogens is 1. The molecule has 2 fully saturated rings. The van der Waals surface area contributed by atoms with Crippen LogP contribution >= 0.6 is 11.5 Å². The van der Waals surface area contributed by atoms with Crippen LogP contribution in [-0.4, -0.2) is 41.9 Å². The first kappa shape index (κ1) is 13.2. The summed E-state index contributed by atoms with van der Waals surface area (Å²) in [6.45, 7) is 1.61. The molecule has 0 bridgehead atoms. The number of nitrogens with zero attached hydrogens (tertiary/aromatic N) is 2. The van der Waals surface area contributed by atoms with Crippen molar-refractivity contribution in [2.24, 2.45) is 0 Å². The summed E-state index contributed by atoms with van der Waals surface area (Å²) in [5, 5.41) is 6.43. The van der Waals surface area contributed by atoms with Crippen molar-refractivity contribution < 1.29 is 9.59 Å². The number of carbonyl (C=O) groups excluding carboxylic acids is 2. The monoisotopic (exact) mass is 295 g/mol. The Bertz CT molecular complexity index is 540. The van der Waals surface area contributed by atoms with Gasteiger partial charge >= 0.3 is 0 Å². The maximum atomic E-state index is 12.3. The molecule has 4 N–H and O–H groups in total. The number of nitrogens with two attached hydrogens (primary N) is 1. The number of nitrogens with one attached hydrogen (secondary N) is 2. The van der Waals surface area contributed by atoms with E-state index >= 15 is 0 Å². The molecule has 0 radical (unpaired) electrons. The summed E-state index contributed by atoms with van der Waals surface area (Å²) in [5.74, 6) is 0.0224. The van der Waals surface area contributed by atoms with Crippen LogP contribution in [-0.2, 0) is 4.79 Å². The van der Waals surface area contributed by atoms with Gasteiger partial charge in [-0.3, -0.25) is 9.59 Å². The summed E-state index contributed by atoms with van der Waals surface area (Å²) in [4.78, 5) is 25.8. The van der Waals surface area contributed by atoms with Gasteiger partial charge in [0.1, 0.15) is 10.6 Å². The molecule has 2 amide bonds. The molecule has 2 heterocycles. The highest BCUT2D eigenvalue weighted by Gasteiger charge is 2.30. The second-order valence-electron chi connectivity index (χ2n) is 5.12. The SMILES string of the molecule is Nc1nsc(N2CCCNC(=O)C2)c1C(=O)NC1CC1. The zero-order valence-corrected chi connectivity index (χ0v) is 11.8. The Morgan fingerprint density at radius 2 is 2.30 bits per heavy atom. The van der Waals surface area contributed by atoms with Crippen molar-refractivity contribution in [3.8, 4) is 0 Å². The van der Waals surface area contributed by atoms with Crippen LogP contribution in [0.15, 0.2) is 0 Å². The van der Waals surface area contributed by atoms with Crippen LogP contribution in [0.5, 0.6) is 0 Å². The molecule has 0 spiro atoms. The third-order valence-electron chi connectivity index (χ3n) is 3.39. The van der Waals surface area contributed by atoms with Gasteiger partial charge in [0.15, 0.2) is 5.82 Å². The standard InChI is InChI=1S/C12H17N5O2S/c13-10-9(11(19)15-7-2-3-7)12(20-16-10)17-5-1-4-14-8(18)6-17/h7H,1-6H2,(H2,13,16)(H,14,18)(H,15,19). The normalized spacial score (nSPS) is 19.4. The molecule has 0 atom stereocenters. The number of hydrogen-bond acceptors (Lipinski definition) is 6. The quantitative estimate of drug-likeness (QED) is 0.725.